The van der Waals surface area contributed by atoms with Crippen LogP contribution < -0.4 is 4.74 Å². The van der Waals surface area contributed by atoms with Crippen LogP contribution in [0, 0.1) is 11.3 Å². The first-order chi connectivity index (χ1) is 9.26. The van der Waals surface area contributed by atoms with Gasteiger partial charge in [0.15, 0.2) is 0 Å². The zero-order valence-electron chi connectivity index (χ0n) is 10.6. The molecule has 0 fully saturated rings. The Kier molecular flexibility index (Phi) is 3.08. The Morgan fingerprint density at radius 2 is 2.05 bits per heavy atom. The summed E-state index contributed by atoms with van der Waals surface area (Å²) in [5, 5.41) is 9.31. The van der Waals surface area contributed by atoms with Crippen molar-refractivity contribution in [2.75, 3.05) is 7.11 Å². The minimum absolute atomic E-state index is 0.781. The molecule has 2 aromatic rings. The summed E-state index contributed by atoms with van der Waals surface area (Å²) >= 11 is 3.59. The third-order valence-corrected chi connectivity index (χ3v) is 4.35. The van der Waals surface area contributed by atoms with Gasteiger partial charge in [-0.05, 0) is 58.6 Å². The number of nitriles is 1. The molecule has 0 spiro atoms. The summed E-state index contributed by atoms with van der Waals surface area (Å²) < 4.78 is 8.35. The van der Waals surface area contributed by atoms with Gasteiger partial charge in [-0.15, -0.1) is 0 Å². The highest BCUT2D eigenvalue weighted by Crippen LogP contribution is 2.39. The topological polar surface area (TPSA) is 37.9 Å². The molecule has 2 heterocycles. The normalized spacial score (nSPS) is 13.1. The monoisotopic (exact) mass is 316 g/mol. The Labute approximate surface area is 120 Å². The van der Waals surface area contributed by atoms with E-state index in [0.717, 1.165) is 52.1 Å². The van der Waals surface area contributed by atoms with Crippen molar-refractivity contribution in [3.63, 3.8) is 0 Å². The SMILES string of the molecule is COc1ccc(-c2c(Br)c(C#N)c3n2CCC3)cc1. The molecule has 1 aromatic carbocycles. The number of rotatable bonds is 2. The van der Waals surface area contributed by atoms with Gasteiger partial charge < -0.3 is 9.30 Å². The van der Waals surface area contributed by atoms with E-state index in [0.29, 0.717) is 0 Å². The molecule has 0 radical (unpaired) electrons. The average Bonchev–Trinajstić information content (AvgIpc) is 2.98. The Balaban J connectivity index is 2.17. The van der Waals surface area contributed by atoms with E-state index in [9.17, 15) is 5.26 Å². The number of ether oxygens (including phenoxy) is 1. The van der Waals surface area contributed by atoms with Gasteiger partial charge in [-0.1, -0.05) is 0 Å². The van der Waals surface area contributed by atoms with Crippen LogP contribution in [-0.2, 0) is 13.0 Å². The number of halogens is 1. The third-order valence-electron chi connectivity index (χ3n) is 3.58. The van der Waals surface area contributed by atoms with Gasteiger partial charge in [-0.3, -0.25) is 0 Å². The number of benzene rings is 1. The summed E-state index contributed by atoms with van der Waals surface area (Å²) in [4.78, 5) is 0. The summed E-state index contributed by atoms with van der Waals surface area (Å²) in [6.07, 6.45) is 2.10. The van der Waals surface area contributed by atoms with Crippen molar-refractivity contribution >= 4 is 15.9 Å². The van der Waals surface area contributed by atoms with Gasteiger partial charge in [0, 0.05) is 12.2 Å². The van der Waals surface area contributed by atoms with Gasteiger partial charge in [0.05, 0.1) is 22.8 Å². The minimum Gasteiger partial charge on any atom is -0.497 e. The average molecular weight is 317 g/mol. The number of hydrogen-bond donors (Lipinski definition) is 0. The summed E-state index contributed by atoms with van der Waals surface area (Å²) in [5.74, 6) is 0.841. The van der Waals surface area contributed by atoms with E-state index in [1.165, 1.54) is 0 Å². The summed E-state index contributed by atoms with van der Waals surface area (Å²) in [7, 11) is 1.66. The molecule has 3 rings (SSSR count). The molecule has 0 atom stereocenters. The molecule has 0 amide bonds. The molecule has 0 saturated heterocycles. The van der Waals surface area contributed by atoms with Crippen molar-refractivity contribution in [2.45, 2.75) is 19.4 Å². The van der Waals surface area contributed by atoms with Crippen LogP contribution in [0.15, 0.2) is 28.7 Å². The highest BCUT2D eigenvalue weighted by molar-refractivity contribution is 9.10. The first-order valence-electron chi connectivity index (χ1n) is 6.21. The largest absolute Gasteiger partial charge is 0.497 e. The fraction of sp³-hybridized carbons (Fsp3) is 0.267. The standard InChI is InChI=1S/C15H13BrN2O/c1-19-11-6-4-10(5-7-11)15-14(16)12(9-17)13-3-2-8-18(13)15/h4-7H,2-3,8H2,1H3. The maximum absolute atomic E-state index is 9.31. The fourth-order valence-corrected chi connectivity index (χ4v) is 3.45. The van der Waals surface area contributed by atoms with Crippen LogP contribution in [0.4, 0.5) is 0 Å². The second-order valence-corrected chi connectivity index (χ2v) is 5.37. The molecule has 1 aliphatic heterocycles. The molecule has 1 aromatic heterocycles. The molecule has 0 saturated carbocycles. The number of aromatic nitrogens is 1. The van der Waals surface area contributed by atoms with Crippen LogP contribution in [0.2, 0.25) is 0 Å². The highest BCUT2D eigenvalue weighted by atomic mass is 79.9. The van der Waals surface area contributed by atoms with Crippen LogP contribution in [0.1, 0.15) is 17.7 Å². The maximum atomic E-state index is 9.31. The molecular weight excluding hydrogens is 304 g/mol. The van der Waals surface area contributed by atoms with E-state index < -0.39 is 0 Å². The van der Waals surface area contributed by atoms with Crippen LogP contribution in [0.25, 0.3) is 11.3 Å². The van der Waals surface area contributed by atoms with Gasteiger partial charge in [-0.25, -0.2) is 0 Å². The lowest BCUT2D eigenvalue weighted by Crippen LogP contribution is -1.95. The Hall–Kier alpha value is -1.73. The molecule has 96 valence electrons. The quantitative estimate of drug-likeness (QED) is 0.846. The summed E-state index contributed by atoms with van der Waals surface area (Å²) in [6.45, 7) is 0.983. The molecule has 0 N–H and O–H groups in total. The maximum Gasteiger partial charge on any atom is 0.118 e. The van der Waals surface area contributed by atoms with E-state index in [4.69, 9.17) is 4.74 Å². The Morgan fingerprint density at radius 1 is 1.32 bits per heavy atom. The molecule has 0 aliphatic carbocycles. The first kappa shape index (κ1) is 12.3. The Bertz CT molecular complexity index is 665. The van der Waals surface area contributed by atoms with Crippen LogP contribution in [0.5, 0.6) is 5.75 Å². The van der Waals surface area contributed by atoms with Crippen LogP contribution in [0.3, 0.4) is 0 Å². The zero-order valence-corrected chi connectivity index (χ0v) is 12.2. The van der Waals surface area contributed by atoms with Crippen LogP contribution in [-0.4, -0.2) is 11.7 Å². The zero-order chi connectivity index (χ0) is 13.4. The van der Waals surface area contributed by atoms with Gasteiger partial charge in [-0.2, -0.15) is 5.26 Å². The summed E-state index contributed by atoms with van der Waals surface area (Å²) in [6, 6.07) is 10.3. The number of nitrogens with zero attached hydrogens (tertiary/aromatic N) is 2. The smallest absolute Gasteiger partial charge is 0.118 e. The predicted octanol–water partition coefficient (Wildman–Crippen LogP) is 3.74. The molecular formula is C15H13BrN2O. The van der Waals surface area contributed by atoms with Crippen molar-refractivity contribution in [1.82, 2.24) is 4.57 Å². The number of methoxy groups -OCH3 is 1. The van der Waals surface area contributed by atoms with E-state index >= 15 is 0 Å². The van der Waals surface area contributed by atoms with Gasteiger partial charge in [0.25, 0.3) is 0 Å². The van der Waals surface area contributed by atoms with E-state index in [1.807, 2.05) is 24.3 Å². The lowest BCUT2D eigenvalue weighted by molar-refractivity contribution is 0.415. The number of hydrogen-bond acceptors (Lipinski definition) is 2. The molecule has 0 unspecified atom stereocenters. The molecule has 3 nitrogen and oxygen atoms in total. The van der Waals surface area contributed by atoms with E-state index in [-0.39, 0.29) is 0 Å². The summed E-state index contributed by atoms with van der Waals surface area (Å²) in [5.41, 5.74) is 4.15. The van der Waals surface area contributed by atoms with E-state index in [1.54, 1.807) is 7.11 Å². The van der Waals surface area contributed by atoms with Gasteiger partial charge in [0.1, 0.15) is 11.8 Å². The third kappa shape index (κ3) is 1.85. The predicted molar refractivity (Wildman–Crippen MR) is 77.2 cm³/mol. The molecule has 19 heavy (non-hydrogen) atoms. The first-order valence-corrected chi connectivity index (χ1v) is 7.01. The van der Waals surface area contributed by atoms with Crippen molar-refractivity contribution in [1.29, 1.82) is 5.26 Å². The lowest BCUT2D eigenvalue weighted by atomic mass is 10.1. The lowest BCUT2D eigenvalue weighted by Gasteiger charge is -2.08. The molecule has 4 heteroatoms. The number of fused-ring (bicyclic) bond motifs is 1. The van der Waals surface area contributed by atoms with Crippen LogP contribution >= 0.6 is 15.9 Å². The molecule has 0 bridgehead atoms. The van der Waals surface area contributed by atoms with Crippen molar-refractivity contribution in [3.05, 3.63) is 40.0 Å². The van der Waals surface area contributed by atoms with Crippen molar-refractivity contribution in [3.8, 4) is 23.1 Å². The van der Waals surface area contributed by atoms with Crippen molar-refractivity contribution in [2.24, 2.45) is 0 Å². The highest BCUT2D eigenvalue weighted by Gasteiger charge is 2.25. The van der Waals surface area contributed by atoms with Gasteiger partial charge >= 0.3 is 0 Å². The van der Waals surface area contributed by atoms with Gasteiger partial charge in [0.2, 0.25) is 0 Å². The molecule has 1 aliphatic rings. The van der Waals surface area contributed by atoms with E-state index in [2.05, 4.69) is 26.6 Å². The van der Waals surface area contributed by atoms with Crippen molar-refractivity contribution < 1.29 is 4.74 Å². The Morgan fingerprint density at radius 3 is 2.68 bits per heavy atom. The second kappa shape index (κ2) is 4.75. The second-order valence-electron chi connectivity index (χ2n) is 4.58. The fourth-order valence-electron chi connectivity index (χ4n) is 2.69. The minimum atomic E-state index is 0.781.